The van der Waals surface area contributed by atoms with E-state index >= 15 is 0 Å². The zero-order valence-electron chi connectivity index (χ0n) is 15.8. The highest BCUT2D eigenvalue weighted by molar-refractivity contribution is 6.30. The largest absolute Gasteiger partial charge is 0.492 e. The van der Waals surface area contributed by atoms with Crippen molar-refractivity contribution in [2.24, 2.45) is 0 Å². The molecule has 2 amide bonds. The van der Waals surface area contributed by atoms with Crippen molar-refractivity contribution in [1.29, 1.82) is 0 Å². The Balaban J connectivity index is 1.60. The fourth-order valence-electron chi connectivity index (χ4n) is 3.18. The molecule has 0 fully saturated rings. The second kappa shape index (κ2) is 8.03. The van der Waals surface area contributed by atoms with Crippen LogP contribution in [0, 0.1) is 0 Å². The Hall–Kier alpha value is -3.39. The Labute approximate surface area is 180 Å². The molecule has 4 rings (SSSR count). The normalized spacial score (nSPS) is 17.5. The second-order valence-corrected chi connectivity index (χ2v) is 7.20. The summed E-state index contributed by atoms with van der Waals surface area (Å²) in [6.45, 7) is 0. The molecule has 5 nitrogen and oxygen atoms in total. The molecule has 0 spiro atoms. The van der Waals surface area contributed by atoms with Crippen LogP contribution >= 0.6 is 11.6 Å². The van der Waals surface area contributed by atoms with E-state index in [9.17, 15) is 18.0 Å². The molecule has 31 heavy (non-hydrogen) atoms. The average Bonchev–Trinajstić information content (AvgIpc) is 3.11. The molecule has 160 valence electrons. The minimum atomic E-state index is -5.08. The van der Waals surface area contributed by atoms with E-state index in [1.165, 1.54) is 18.2 Å². The van der Waals surface area contributed by atoms with Crippen LogP contribution in [0.2, 0.25) is 5.02 Å². The minimum Gasteiger partial charge on any atom is -0.424 e. The topological polar surface area (TPSA) is 59.6 Å². The Bertz CT molecular complexity index is 1040. The summed E-state index contributed by atoms with van der Waals surface area (Å²) >= 11 is 5.82. The molecule has 1 heterocycles. The Morgan fingerprint density at radius 3 is 1.97 bits per heavy atom. The molecular weight excluding hydrogens is 433 g/mol. The smallest absolute Gasteiger partial charge is 0.424 e. The first kappa shape index (κ1) is 20.9. The monoisotopic (exact) mass is 448 g/mol. The van der Waals surface area contributed by atoms with Crippen LogP contribution in [0.5, 0.6) is 11.5 Å². The van der Waals surface area contributed by atoms with E-state index in [0.717, 1.165) is 0 Å². The van der Waals surface area contributed by atoms with Crippen molar-refractivity contribution < 1.29 is 27.4 Å². The van der Waals surface area contributed by atoms with Gasteiger partial charge >= 0.3 is 18.1 Å². The van der Waals surface area contributed by atoms with Crippen molar-refractivity contribution in [3.05, 3.63) is 95.0 Å². The van der Waals surface area contributed by atoms with Crippen molar-refractivity contribution in [2.75, 3.05) is 0 Å². The SMILES string of the molecule is O=C(NC(c1ccccc1)c1ccccc1)N[C@]1(C(F)(F)F)Oc2ccc(Cl)cc2O1. The number of fused-ring (bicyclic) bond motifs is 1. The fourth-order valence-corrected chi connectivity index (χ4v) is 3.34. The number of hydrogen-bond acceptors (Lipinski definition) is 3. The molecule has 2 N–H and O–H groups in total. The van der Waals surface area contributed by atoms with E-state index in [1.54, 1.807) is 66.0 Å². The van der Waals surface area contributed by atoms with Crippen LogP contribution < -0.4 is 20.1 Å². The van der Waals surface area contributed by atoms with Crippen LogP contribution in [0.3, 0.4) is 0 Å². The Morgan fingerprint density at radius 1 is 0.871 bits per heavy atom. The number of halogens is 4. The number of urea groups is 1. The van der Waals surface area contributed by atoms with Crippen molar-refractivity contribution in [1.82, 2.24) is 10.6 Å². The third kappa shape index (κ3) is 4.25. The zero-order chi connectivity index (χ0) is 22.1. The minimum absolute atomic E-state index is 0.165. The molecule has 3 aromatic rings. The molecule has 0 saturated heterocycles. The van der Waals surface area contributed by atoms with Crippen LogP contribution in [0.1, 0.15) is 17.2 Å². The van der Waals surface area contributed by atoms with Gasteiger partial charge in [-0.2, -0.15) is 13.2 Å². The third-order valence-electron chi connectivity index (χ3n) is 4.61. The molecule has 1 aliphatic heterocycles. The van der Waals surface area contributed by atoms with E-state index in [0.29, 0.717) is 11.1 Å². The highest BCUT2D eigenvalue weighted by atomic mass is 35.5. The summed E-state index contributed by atoms with van der Waals surface area (Å²) in [6, 6.07) is 19.7. The molecule has 3 aromatic carbocycles. The number of benzene rings is 3. The molecule has 0 unspecified atom stereocenters. The van der Waals surface area contributed by atoms with Gasteiger partial charge in [-0.25, -0.2) is 4.79 Å². The molecule has 0 radical (unpaired) electrons. The lowest BCUT2D eigenvalue weighted by Crippen LogP contribution is -2.66. The van der Waals surface area contributed by atoms with Crippen molar-refractivity contribution in [3.63, 3.8) is 0 Å². The van der Waals surface area contributed by atoms with Gasteiger partial charge < -0.3 is 14.8 Å². The van der Waals surface area contributed by atoms with Crippen molar-refractivity contribution >= 4 is 17.6 Å². The number of alkyl halides is 3. The van der Waals surface area contributed by atoms with Crippen molar-refractivity contribution in [2.45, 2.75) is 18.1 Å². The van der Waals surface area contributed by atoms with E-state index in [-0.39, 0.29) is 16.5 Å². The molecule has 0 bridgehead atoms. The summed E-state index contributed by atoms with van der Waals surface area (Å²) in [5, 5.41) is 4.55. The first-order valence-electron chi connectivity index (χ1n) is 9.20. The first-order chi connectivity index (χ1) is 14.8. The summed E-state index contributed by atoms with van der Waals surface area (Å²) in [4.78, 5) is 12.7. The summed E-state index contributed by atoms with van der Waals surface area (Å²) in [5.74, 6) is -3.81. The van der Waals surface area contributed by atoms with Crippen molar-refractivity contribution in [3.8, 4) is 11.5 Å². The number of amides is 2. The Morgan fingerprint density at radius 2 is 1.42 bits per heavy atom. The summed E-state index contributed by atoms with van der Waals surface area (Å²) in [6.07, 6.45) is -5.08. The zero-order valence-corrected chi connectivity index (χ0v) is 16.6. The van der Waals surface area contributed by atoms with E-state index in [2.05, 4.69) is 5.32 Å². The highest BCUT2D eigenvalue weighted by Gasteiger charge is 2.65. The van der Waals surface area contributed by atoms with Gasteiger partial charge in [-0.15, -0.1) is 0 Å². The van der Waals surface area contributed by atoms with E-state index in [1.807, 2.05) is 0 Å². The number of rotatable bonds is 4. The Kier molecular flexibility index (Phi) is 5.41. The maximum Gasteiger partial charge on any atom is 0.492 e. The van der Waals surface area contributed by atoms with Gasteiger partial charge in [0.1, 0.15) is 0 Å². The average molecular weight is 449 g/mol. The molecule has 0 saturated carbocycles. The van der Waals surface area contributed by atoms with Gasteiger partial charge in [0.05, 0.1) is 6.04 Å². The second-order valence-electron chi connectivity index (χ2n) is 6.76. The van der Waals surface area contributed by atoms with Gasteiger partial charge in [-0.05, 0) is 23.3 Å². The third-order valence-corrected chi connectivity index (χ3v) is 4.84. The number of carbonyl (C=O) groups excluding carboxylic acids is 1. The van der Waals surface area contributed by atoms with E-state index in [4.69, 9.17) is 21.1 Å². The van der Waals surface area contributed by atoms with Gasteiger partial charge in [-0.3, -0.25) is 5.32 Å². The van der Waals surface area contributed by atoms with Gasteiger partial charge in [0.15, 0.2) is 11.5 Å². The first-order valence-corrected chi connectivity index (χ1v) is 9.58. The molecule has 1 atom stereocenters. The van der Waals surface area contributed by atoms with Crippen LogP contribution in [0.4, 0.5) is 18.0 Å². The summed E-state index contributed by atoms with van der Waals surface area (Å²) in [7, 11) is 0. The molecule has 9 heteroatoms. The fraction of sp³-hybridized carbons (Fsp3) is 0.136. The summed E-state index contributed by atoms with van der Waals surface area (Å²) in [5.41, 5.74) is 1.38. The van der Waals surface area contributed by atoms with Crippen LogP contribution in [-0.2, 0) is 0 Å². The van der Waals surface area contributed by atoms with Crippen LogP contribution in [0.25, 0.3) is 0 Å². The standard InChI is InChI=1S/C22H16ClF3N2O3/c23-16-11-12-17-18(13-16)31-22(30-17,21(24,25)26)28-20(29)27-19(14-7-3-1-4-8-14)15-9-5-2-6-10-15/h1-13,19H,(H2,27,28,29)/t22-/m1/s1. The predicted octanol–water partition coefficient (Wildman–Crippen LogP) is 5.42. The maximum absolute atomic E-state index is 13.9. The van der Waals surface area contributed by atoms with Gasteiger partial charge in [0.25, 0.3) is 0 Å². The summed E-state index contributed by atoms with van der Waals surface area (Å²) < 4.78 is 51.7. The van der Waals surface area contributed by atoms with E-state index < -0.39 is 24.2 Å². The molecule has 1 aliphatic rings. The maximum atomic E-state index is 13.9. The number of carbonyl (C=O) groups is 1. The molecule has 0 aliphatic carbocycles. The van der Waals surface area contributed by atoms with Gasteiger partial charge in [-0.1, -0.05) is 72.3 Å². The predicted molar refractivity (Wildman–Crippen MR) is 108 cm³/mol. The number of ether oxygens (including phenoxy) is 2. The van der Waals surface area contributed by atoms with Crippen LogP contribution in [-0.4, -0.2) is 18.1 Å². The van der Waals surface area contributed by atoms with Gasteiger partial charge in [0.2, 0.25) is 0 Å². The van der Waals surface area contributed by atoms with Crippen LogP contribution in [0.15, 0.2) is 78.9 Å². The molecule has 0 aromatic heterocycles. The quantitative estimate of drug-likeness (QED) is 0.560. The van der Waals surface area contributed by atoms with Gasteiger partial charge in [0, 0.05) is 11.1 Å². The lowest BCUT2D eigenvalue weighted by Gasteiger charge is -2.30. The molecular formula is C22H16ClF3N2O3. The lowest BCUT2D eigenvalue weighted by molar-refractivity contribution is -0.317. The highest BCUT2D eigenvalue weighted by Crippen LogP contribution is 2.46. The number of hydrogen-bond donors (Lipinski definition) is 2. The number of nitrogens with one attached hydrogen (secondary N) is 2. The lowest BCUT2D eigenvalue weighted by atomic mass is 9.99.